The Morgan fingerprint density at radius 2 is 2.18 bits per heavy atom. The lowest BCUT2D eigenvalue weighted by Gasteiger charge is -2.08. The van der Waals surface area contributed by atoms with Crippen LogP contribution in [0, 0.1) is 0 Å². The Hall–Kier alpha value is -1.36. The minimum absolute atomic E-state index is 0.000805. The first-order valence-corrected chi connectivity index (χ1v) is 6.99. The summed E-state index contributed by atoms with van der Waals surface area (Å²) in [5, 5.41) is 0. The smallest absolute Gasteiger partial charge is 0.179 e. The zero-order valence-corrected chi connectivity index (χ0v) is 10.6. The van der Waals surface area contributed by atoms with E-state index in [1.165, 1.54) is 14.0 Å². The van der Waals surface area contributed by atoms with Crippen LogP contribution in [0.5, 0.6) is 5.75 Å². The topological polar surface area (TPSA) is 60.4 Å². The lowest BCUT2D eigenvalue weighted by Crippen LogP contribution is -2.07. The van der Waals surface area contributed by atoms with Crippen molar-refractivity contribution in [1.82, 2.24) is 0 Å². The third-order valence-corrected chi connectivity index (χ3v) is 4.83. The Bertz CT molecular complexity index is 560. The van der Waals surface area contributed by atoms with E-state index >= 15 is 0 Å². The van der Waals surface area contributed by atoms with Crippen molar-refractivity contribution < 1.29 is 17.9 Å². The predicted octanol–water partition coefficient (Wildman–Crippen LogP) is 1.55. The second kappa shape index (κ2) is 4.14. The van der Waals surface area contributed by atoms with Crippen molar-refractivity contribution >= 4 is 15.6 Å². The minimum atomic E-state index is -3.23. The van der Waals surface area contributed by atoms with Gasteiger partial charge >= 0.3 is 0 Å². The van der Waals surface area contributed by atoms with Gasteiger partial charge in [0.1, 0.15) is 11.5 Å². The van der Waals surface area contributed by atoms with E-state index in [9.17, 15) is 13.2 Å². The third-order valence-electron chi connectivity index (χ3n) is 2.95. The van der Waals surface area contributed by atoms with Crippen LogP contribution in [0.25, 0.3) is 0 Å². The van der Waals surface area contributed by atoms with Gasteiger partial charge in [-0.2, -0.15) is 0 Å². The summed E-state index contributed by atoms with van der Waals surface area (Å²) in [6, 6.07) is 4.91. The van der Waals surface area contributed by atoms with E-state index < -0.39 is 9.84 Å². The number of Topliss-reactive ketones (excluding diaryl/α,β-unsaturated/α-hetero) is 1. The SMILES string of the molecule is COc1ccc2c(c1)C(CC(C)=O)CS2(=O)=O. The second-order valence-electron chi connectivity index (χ2n) is 4.29. The van der Waals surface area contributed by atoms with Crippen molar-refractivity contribution in [3.8, 4) is 5.75 Å². The first-order chi connectivity index (χ1) is 7.94. The number of hydrogen-bond acceptors (Lipinski definition) is 4. The number of rotatable bonds is 3. The number of hydrogen-bond donors (Lipinski definition) is 0. The Balaban J connectivity index is 2.50. The van der Waals surface area contributed by atoms with E-state index in [0.717, 1.165) is 0 Å². The van der Waals surface area contributed by atoms with Crippen molar-refractivity contribution in [3.63, 3.8) is 0 Å². The van der Waals surface area contributed by atoms with Gasteiger partial charge in [-0.15, -0.1) is 0 Å². The quantitative estimate of drug-likeness (QED) is 0.821. The average Bonchev–Trinajstić information content (AvgIpc) is 2.49. The Kier molecular flexibility index (Phi) is 2.95. The molecule has 92 valence electrons. The Morgan fingerprint density at radius 1 is 1.47 bits per heavy atom. The number of carbonyl (C=O) groups excluding carboxylic acids is 1. The molecule has 1 aromatic rings. The molecule has 1 aromatic carbocycles. The molecule has 1 aliphatic heterocycles. The summed E-state index contributed by atoms with van der Waals surface area (Å²) in [6.07, 6.45) is 0.263. The number of sulfone groups is 1. The maximum Gasteiger partial charge on any atom is 0.179 e. The average molecular weight is 254 g/mol. The van der Waals surface area contributed by atoms with Gasteiger partial charge in [-0.05, 0) is 30.7 Å². The number of carbonyl (C=O) groups is 1. The molecule has 0 radical (unpaired) electrons. The van der Waals surface area contributed by atoms with Gasteiger partial charge in [0, 0.05) is 12.3 Å². The zero-order chi connectivity index (χ0) is 12.6. The molecule has 1 aliphatic rings. The van der Waals surface area contributed by atoms with Crippen molar-refractivity contribution in [2.45, 2.75) is 24.2 Å². The molecule has 0 spiro atoms. The summed E-state index contributed by atoms with van der Waals surface area (Å²) < 4.78 is 28.9. The number of ether oxygens (including phenoxy) is 1. The normalized spacial score (nSPS) is 20.9. The summed E-state index contributed by atoms with van der Waals surface area (Å²) in [6.45, 7) is 1.48. The molecule has 0 saturated carbocycles. The standard InChI is InChI=1S/C12H14O4S/c1-8(13)5-9-7-17(14,15)12-4-3-10(16-2)6-11(9)12/h3-4,6,9H,5,7H2,1-2H3. The van der Waals surface area contributed by atoms with Crippen LogP contribution in [0.3, 0.4) is 0 Å². The van der Waals surface area contributed by atoms with Gasteiger partial charge < -0.3 is 9.53 Å². The van der Waals surface area contributed by atoms with Gasteiger partial charge in [0.25, 0.3) is 0 Å². The van der Waals surface area contributed by atoms with Gasteiger partial charge in [-0.1, -0.05) is 0 Å². The molecule has 5 heteroatoms. The highest BCUT2D eigenvalue weighted by Crippen LogP contribution is 2.38. The van der Waals surface area contributed by atoms with Crippen LogP contribution in [-0.4, -0.2) is 27.1 Å². The molecule has 0 bridgehead atoms. The highest BCUT2D eigenvalue weighted by molar-refractivity contribution is 7.91. The van der Waals surface area contributed by atoms with Crippen LogP contribution in [-0.2, 0) is 14.6 Å². The zero-order valence-electron chi connectivity index (χ0n) is 9.76. The Morgan fingerprint density at radius 3 is 2.76 bits per heavy atom. The maximum absolute atomic E-state index is 11.9. The highest BCUT2D eigenvalue weighted by Gasteiger charge is 2.35. The van der Waals surface area contributed by atoms with E-state index in [4.69, 9.17) is 4.74 Å². The molecule has 17 heavy (non-hydrogen) atoms. The molecule has 0 fully saturated rings. The number of benzene rings is 1. The lowest BCUT2D eigenvalue weighted by atomic mass is 9.96. The van der Waals surface area contributed by atoms with E-state index in [0.29, 0.717) is 16.2 Å². The summed E-state index contributed by atoms with van der Waals surface area (Å²) in [4.78, 5) is 11.5. The maximum atomic E-state index is 11.9. The van der Waals surface area contributed by atoms with Gasteiger partial charge in [0.05, 0.1) is 17.8 Å². The predicted molar refractivity (Wildman–Crippen MR) is 63.1 cm³/mol. The molecule has 0 N–H and O–H groups in total. The summed E-state index contributed by atoms with van der Waals surface area (Å²) >= 11 is 0. The molecule has 1 atom stereocenters. The highest BCUT2D eigenvalue weighted by atomic mass is 32.2. The molecule has 1 heterocycles. The molecule has 0 saturated heterocycles. The number of ketones is 1. The number of methoxy groups -OCH3 is 1. The fraction of sp³-hybridized carbons (Fsp3) is 0.417. The molecule has 0 aliphatic carbocycles. The van der Waals surface area contributed by atoms with Crippen molar-refractivity contribution in [3.05, 3.63) is 23.8 Å². The van der Waals surface area contributed by atoms with Crippen LogP contribution in [0.2, 0.25) is 0 Å². The fourth-order valence-corrected chi connectivity index (χ4v) is 4.08. The molecule has 2 rings (SSSR count). The van der Waals surface area contributed by atoms with Crippen molar-refractivity contribution in [2.75, 3.05) is 12.9 Å². The molecular weight excluding hydrogens is 240 g/mol. The molecule has 1 unspecified atom stereocenters. The molecule has 0 amide bonds. The second-order valence-corrected chi connectivity index (χ2v) is 6.29. The molecule has 4 nitrogen and oxygen atoms in total. The van der Waals surface area contributed by atoms with E-state index in [2.05, 4.69) is 0 Å². The van der Waals surface area contributed by atoms with E-state index in [-0.39, 0.29) is 23.9 Å². The fourth-order valence-electron chi connectivity index (χ4n) is 2.22. The van der Waals surface area contributed by atoms with E-state index in [1.54, 1.807) is 18.2 Å². The van der Waals surface area contributed by atoms with Gasteiger partial charge in [-0.25, -0.2) is 8.42 Å². The first-order valence-electron chi connectivity index (χ1n) is 5.34. The molecular formula is C12H14O4S. The summed E-state index contributed by atoms with van der Waals surface area (Å²) in [5.74, 6) is 0.410. The van der Waals surface area contributed by atoms with Crippen LogP contribution < -0.4 is 4.74 Å². The summed E-state index contributed by atoms with van der Waals surface area (Å²) in [5.41, 5.74) is 0.708. The van der Waals surface area contributed by atoms with Crippen LogP contribution in [0.15, 0.2) is 23.1 Å². The number of fused-ring (bicyclic) bond motifs is 1. The van der Waals surface area contributed by atoms with Crippen molar-refractivity contribution in [2.24, 2.45) is 0 Å². The van der Waals surface area contributed by atoms with Crippen LogP contribution >= 0.6 is 0 Å². The third kappa shape index (κ3) is 2.20. The van der Waals surface area contributed by atoms with Crippen LogP contribution in [0.4, 0.5) is 0 Å². The largest absolute Gasteiger partial charge is 0.497 e. The van der Waals surface area contributed by atoms with E-state index in [1.807, 2.05) is 0 Å². The van der Waals surface area contributed by atoms with Crippen molar-refractivity contribution in [1.29, 1.82) is 0 Å². The monoisotopic (exact) mass is 254 g/mol. The minimum Gasteiger partial charge on any atom is -0.497 e. The molecule has 0 aromatic heterocycles. The Labute approximate surface area is 101 Å². The van der Waals surface area contributed by atoms with Crippen LogP contribution in [0.1, 0.15) is 24.8 Å². The van der Waals surface area contributed by atoms with Gasteiger partial charge in [0.2, 0.25) is 0 Å². The summed E-state index contributed by atoms with van der Waals surface area (Å²) in [7, 11) is -1.70. The van der Waals surface area contributed by atoms with Gasteiger partial charge in [-0.3, -0.25) is 0 Å². The lowest BCUT2D eigenvalue weighted by molar-refractivity contribution is -0.117. The van der Waals surface area contributed by atoms with Gasteiger partial charge in [0.15, 0.2) is 9.84 Å². The first kappa shape index (κ1) is 12.1.